The van der Waals surface area contributed by atoms with Gasteiger partial charge in [-0.3, -0.25) is 14.9 Å². The standard InChI is InChI=1S/C22H20F3N3/c23-21(24)10-13-28(16-21)20(17-6-2-1-3-7-17)22(25,18-8-4-11-26-14-18)19-9-5-12-27-15-19/h1-9,11-12,14-15,20H,10,13,16H2. The molecule has 0 aliphatic carbocycles. The predicted octanol–water partition coefficient (Wildman–Crippen LogP) is 4.77. The van der Waals surface area contributed by atoms with E-state index in [1.165, 1.54) is 17.3 Å². The third-order valence-electron chi connectivity index (χ3n) is 5.22. The molecule has 144 valence electrons. The van der Waals surface area contributed by atoms with Gasteiger partial charge in [-0.25, -0.2) is 13.2 Å². The van der Waals surface area contributed by atoms with Crippen LogP contribution in [0.5, 0.6) is 0 Å². The summed E-state index contributed by atoms with van der Waals surface area (Å²) in [5.74, 6) is -2.84. The number of hydrogen-bond donors (Lipinski definition) is 0. The minimum absolute atomic E-state index is 0.110. The number of pyridine rings is 2. The van der Waals surface area contributed by atoms with Gasteiger partial charge in [0.15, 0.2) is 5.67 Å². The molecule has 1 unspecified atom stereocenters. The van der Waals surface area contributed by atoms with E-state index in [1.807, 2.05) is 6.07 Å². The normalized spacial score (nSPS) is 18.1. The number of nitrogens with zero attached hydrogens (tertiary/aromatic N) is 3. The fourth-order valence-corrected chi connectivity index (χ4v) is 3.95. The second kappa shape index (κ2) is 7.36. The second-order valence-corrected chi connectivity index (χ2v) is 7.08. The SMILES string of the molecule is FC1(F)CCN(C(c2ccccc2)C(F)(c2cccnc2)c2cccnc2)C1. The number of aromatic nitrogens is 2. The first kappa shape index (κ1) is 18.6. The number of likely N-dealkylation sites (tertiary alicyclic amines) is 1. The number of rotatable bonds is 5. The van der Waals surface area contributed by atoms with Gasteiger partial charge in [0.05, 0.1) is 12.6 Å². The van der Waals surface area contributed by atoms with Gasteiger partial charge in [-0.15, -0.1) is 0 Å². The molecule has 1 aromatic carbocycles. The van der Waals surface area contributed by atoms with Crippen LogP contribution < -0.4 is 0 Å². The van der Waals surface area contributed by atoms with Crippen LogP contribution in [-0.2, 0) is 5.67 Å². The van der Waals surface area contributed by atoms with Gasteiger partial charge in [0.25, 0.3) is 5.92 Å². The van der Waals surface area contributed by atoms with Crippen molar-refractivity contribution in [3.63, 3.8) is 0 Å². The van der Waals surface area contributed by atoms with Crippen LogP contribution in [0.1, 0.15) is 29.2 Å². The number of halogens is 3. The highest BCUT2D eigenvalue weighted by Crippen LogP contribution is 2.49. The molecule has 0 bridgehead atoms. The minimum atomic E-state index is -2.84. The van der Waals surface area contributed by atoms with Gasteiger partial charge >= 0.3 is 0 Å². The Morgan fingerprint density at radius 1 is 0.893 bits per heavy atom. The van der Waals surface area contributed by atoms with Crippen molar-refractivity contribution in [1.29, 1.82) is 0 Å². The quantitative estimate of drug-likeness (QED) is 0.635. The molecule has 1 atom stereocenters. The van der Waals surface area contributed by atoms with Crippen molar-refractivity contribution in [2.75, 3.05) is 13.1 Å². The molecule has 3 heterocycles. The molecule has 0 N–H and O–H groups in total. The Balaban J connectivity index is 1.92. The van der Waals surface area contributed by atoms with Crippen molar-refractivity contribution in [3.05, 3.63) is 96.1 Å². The van der Waals surface area contributed by atoms with Crippen molar-refractivity contribution in [1.82, 2.24) is 14.9 Å². The summed E-state index contributed by atoms with van der Waals surface area (Å²) in [6.07, 6.45) is 5.75. The fraction of sp³-hybridized carbons (Fsp3) is 0.273. The minimum Gasteiger partial charge on any atom is -0.287 e. The van der Waals surface area contributed by atoms with Gasteiger partial charge in [-0.1, -0.05) is 42.5 Å². The first-order valence-electron chi connectivity index (χ1n) is 9.17. The summed E-state index contributed by atoms with van der Waals surface area (Å²) in [7, 11) is 0. The lowest BCUT2D eigenvalue weighted by Crippen LogP contribution is -2.42. The van der Waals surface area contributed by atoms with Crippen molar-refractivity contribution >= 4 is 0 Å². The van der Waals surface area contributed by atoms with Crippen molar-refractivity contribution in [2.45, 2.75) is 24.1 Å². The van der Waals surface area contributed by atoms with Crippen LogP contribution in [0.2, 0.25) is 0 Å². The molecular weight excluding hydrogens is 363 g/mol. The Morgan fingerprint density at radius 2 is 1.50 bits per heavy atom. The van der Waals surface area contributed by atoms with Crippen LogP contribution in [0.3, 0.4) is 0 Å². The summed E-state index contributed by atoms with van der Waals surface area (Å²) < 4.78 is 45.3. The Hall–Kier alpha value is -2.73. The van der Waals surface area contributed by atoms with Gasteiger partial charge in [-0.2, -0.15) is 0 Å². The largest absolute Gasteiger partial charge is 0.287 e. The van der Waals surface area contributed by atoms with E-state index in [4.69, 9.17) is 0 Å². The van der Waals surface area contributed by atoms with Crippen LogP contribution in [0, 0.1) is 0 Å². The summed E-state index contributed by atoms with van der Waals surface area (Å²) in [5.41, 5.74) is -0.834. The van der Waals surface area contributed by atoms with Crippen molar-refractivity contribution < 1.29 is 13.2 Å². The third kappa shape index (κ3) is 3.40. The van der Waals surface area contributed by atoms with E-state index in [9.17, 15) is 8.78 Å². The predicted molar refractivity (Wildman–Crippen MR) is 101 cm³/mol. The van der Waals surface area contributed by atoms with Crippen LogP contribution in [-0.4, -0.2) is 33.9 Å². The third-order valence-corrected chi connectivity index (χ3v) is 5.22. The molecule has 3 aromatic rings. The van der Waals surface area contributed by atoms with Gasteiger partial charge in [0, 0.05) is 48.9 Å². The highest BCUT2D eigenvalue weighted by molar-refractivity contribution is 5.40. The smallest absolute Gasteiger partial charge is 0.261 e. The summed E-state index contributed by atoms with van der Waals surface area (Å²) in [5, 5.41) is 0. The molecule has 1 saturated heterocycles. The van der Waals surface area contributed by atoms with E-state index in [0.29, 0.717) is 16.7 Å². The molecule has 1 aliphatic heterocycles. The summed E-state index contributed by atoms with van der Waals surface area (Å²) in [4.78, 5) is 9.70. The summed E-state index contributed by atoms with van der Waals surface area (Å²) >= 11 is 0. The Bertz CT molecular complexity index is 865. The highest BCUT2D eigenvalue weighted by Gasteiger charge is 2.51. The summed E-state index contributed by atoms with van der Waals surface area (Å²) in [6.45, 7) is -0.377. The Kier molecular flexibility index (Phi) is 4.89. The molecule has 1 aliphatic rings. The van der Waals surface area contributed by atoms with Crippen LogP contribution in [0.15, 0.2) is 79.4 Å². The molecule has 1 fully saturated rings. The molecular formula is C22H20F3N3. The Morgan fingerprint density at radius 3 is 1.96 bits per heavy atom. The Labute approximate surface area is 161 Å². The molecule has 0 radical (unpaired) electrons. The maximum Gasteiger partial charge on any atom is 0.261 e. The second-order valence-electron chi connectivity index (χ2n) is 7.08. The lowest BCUT2D eigenvalue weighted by molar-refractivity contribution is -0.00817. The zero-order valence-electron chi connectivity index (χ0n) is 15.2. The molecule has 3 nitrogen and oxygen atoms in total. The lowest BCUT2D eigenvalue weighted by atomic mass is 9.79. The van der Waals surface area contributed by atoms with Crippen molar-refractivity contribution in [3.8, 4) is 0 Å². The first-order valence-corrected chi connectivity index (χ1v) is 9.17. The van der Waals surface area contributed by atoms with Crippen molar-refractivity contribution in [2.24, 2.45) is 0 Å². The fourth-order valence-electron chi connectivity index (χ4n) is 3.95. The average molecular weight is 383 g/mol. The first-order chi connectivity index (χ1) is 13.5. The van der Waals surface area contributed by atoms with E-state index < -0.39 is 24.2 Å². The molecule has 4 rings (SSSR count). The molecule has 0 saturated carbocycles. The maximum absolute atomic E-state index is 17.1. The monoisotopic (exact) mass is 383 g/mol. The van der Waals surface area contributed by atoms with Crippen LogP contribution >= 0.6 is 0 Å². The molecule has 28 heavy (non-hydrogen) atoms. The highest BCUT2D eigenvalue weighted by atomic mass is 19.3. The topological polar surface area (TPSA) is 29.0 Å². The van der Waals surface area contributed by atoms with Gasteiger partial charge in [0.2, 0.25) is 0 Å². The molecule has 6 heteroatoms. The molecule has 0 spiro atoms. The maximum atomic E-state index is 17.1. The zero-order chi connectivity index (χ0) is 19.6. The van der Waals surface area contributed by atoms with E-state index >= 15 is 4.39 Å². The van der Waals surface area contributed by atoms with Crippen LogP contribution in [0.4, 0.5) is 13.2 Å². The average Bonchev–Trinajstić information content (AvgIpc) is 3.09. The molecule has 2 aromatic heterocycles. The van der Waals surface area contributed by atoms with E-state index in [-0.39, 0.29) is 13.0 Å². The van der Waals surface area contributed by atoms with Crippen LogP contribution in [0.25, 0.3) is 0 Å². The van der Waals surface area contributed by atoms with Gasteiger partial charge < -0.3 is 0 Å². The van der Waals surface area contributed by atoms with E-state index in [0.717, 1.165) is 0 Å². The van der Waals surface area contributed by atoms with E-state index in [2.05, 4.69) is 9.97 Å². The zero-order valence-corrected chi connectivity index (χ0v) is 15.2. The number of benzene rings is 1. The lowest BCUT2D eigenvalue weighted by Gasteiger charge is -2.40. The molecule has 0 amide bonds. The number of hydrogen-bond acceptors (Lipinski definition) is 3. The summed E-state index contributed by atoms with van der Waals surface area (Å²) in [6, 6.07) is 14.6. The van der Waals surface area contributed by atoms with E-state index in [1.54, 1.807) is 60.9 Å². The van der Waals surface area contributed by atoms with Gasteiger partial charge in [-0.05, 0) is 17.7 Å². The van der Waals surface area contributed by atoms with Gasteiger partial charge in [0.1, 0.15) is 0 Å². The number of alkyl halides is 3.